The maximum absolute atomic E-state index is 13.8. The maximum Gasteiger partial charge on any atom is 0.647 e. The minimum Gasteiger partial charge on any atom is -0.386 e. The summed E-state index contributed by atoms with van der Waals surface area (Å²) in [6.45, 7) is 0. The molecule has 0 aliphatic heterocycles. The Labute approximate surface area is 192 Å². The van der Waals surface area contributed by atoms with Gasteiger partial charge in [-0.3, -0.25) is 4.79 Å². The summed E-state index contributed by atoms with van der Waals surface area (Å²) in [7, 11) is -4.25. The number of para-hydroxylation sites is 2. The molecule has 0 atom stereocenters. The highest BCUT2D eigenvalue weighted by molar-refractivity contribution is 7.49. The van der Waals surface area contributed by atoms with Gasteiger partial charge in [0.05, 0.1) is 0 Å². The van der Waals surface area contributed by atoms with E-state index < -0.39 is 7.82 Å². The molecule has 0 spiro atoms. The van der Waals surface area contributed by atoms with Crippen LogP contribution in [0.1, 0.15) is 15.9 Å². The molecule has 0 aliphatic rings. The number of hydrogen-bond donors (Lipinski definition) is 0. The van der Waals surface area contributed by atoms with E-state index in [-0.39, 0.29) is 11.5 Å². The second-order valence-electron chi connectivity index (χ2n) is 6.95. The number of phosphoric ester groups is 1. The Morgan fingerprint density at radius 1 is 0.576 bits per heavy atom. The lowest BCUT2D eigenvalue weighted by atomic mass is 10.1. The Morgan fingerprint density at radius 3 is 1.42 bits per heavy atom. The smallest absolute Gasteiger partial charge is 0.386 e. The minimum atomic E-state index is -4.25. The number of ketones is 1. The van der Waals surface area contributed by atoms with Crippen LogP contribution >= 0.6 is 7.82 Å². The average Bonchev–Trinajstić information content (AvgIpc) is 2.86. The second-order valence-corrected chi connectivity index (χ2v) is 8.39. The van der Waals surface area contributed by atoms with Crippen LogP contribution in [-0.2, 0) is 9.09 Å². The van der Waals surface area contributed by atoms with Crippen LogP contribution in [0, 0.1) is 0 Å². The SMILES string of the molecule is O=C(/C=C(/OP(=O)(Oc1ccccc1)Oc1ccccc1)c1ccccc1)c1ccccc1. The quantitative estimate of drug-likeness (QED) is 0.115. The van der Waals surface area contributed by atoms with Crippen molar-refractivity contribution >= 4 is 19.4 Å². The van der Waals surface area contributed by atoms with Gasteiger partial charge in [-0.2, -0.15) is 4.57 Å². The van der Waals surface area contributed by atoms with Crippen molar-refractivity contribution in [2.24, 2.45) is 0 Å². The van der Waals surface area contributed by atoms with Crippen molar-refractivity contribution in [2.75, 3.05) is 0 Å². The van der Waals surface area contributed by atoms with Crippen LogP contribution in [0.25, 0.3) is 5.76 Å². The topological polar surface area (TPSA) is 61.8 Å². The molecule has 0 radical (unpaired) electrons. The fourth-order valence-corrected chi connectivity index (χ4v) is 4.24. The number of allylic oxidation sites excluding steroid dienone is 1. The predicted octanol–water partition coefficient (Wildman–Crippen LogP) is 7.19. The van der Waals surface area contributed by atoms with E-state index in [4.69, 9.17) is 13.6 Å². The first-order chi connectivity index (χ1) is 16.1. The van der Waals surface area contributed by atoms with Gasteiger partial charge in [-0.15, -0.1) is 0 Å². The molecule has 0 saturated carbocycles. The largest absolute Gasteiger partial charge is 0.647 e. The van der Waals surface area contributed by atoms with E-state index in [1.807, 2.05) is 24.3 Å². The van der Waals surface area contributed by atoms with Crippen LogP contribution in [0.3, 0.4) is 0 Å². The number of carbonyl (C=O) groups excluding carboxylic acids is 1. The standard InChI is InChI=1S/C27H21O5P/c28-26(22-13-5-1-6-14-22)21-27(23-15-7-2-8-16-23)32-33(29,30-24-17-9-3-10-18-24)31-25-19-11-4-12-20-25/h1-21H/b27-21+. The molecule has 0 amide bonds. The number of hydrogen-bond acceptors (Lipinski definition) is 5. The lowest BCUT2D eigenvalue weighted by Gasteiger charge is -2.21. The maximum atomic E-state index is 13.8. The van der Waals surface area contributed by atoms with Crippen LogP contribution in [0.5, 0.6) is 11.5 Å². The summed E-state index contributed by atoms with van der Waals surface area (Å²) < 4.78 is 31.1. The van der Waals surface area contributed by atoms with Crippen molar-refractivity contribution in [3.8, 4) is 11.5 Å². The van der Waals surface area contributed by atoms with E-state index >= 15 is 0 Å². The van der Waals surface area contributed by atoms with E-state index in [1.54, 1.807) is 97.1 Å². The molecular weight excluding hydrogens is 435 g/mol. The zero-order valence-electron chi connectivity index (χ0n) is 17.6. The molecule has 4 rings (SSSR count). The highest BCUT2D eigenvalue weighted by Gasteiger charge is 2.34. The Kier molecular flexibility index (Phi) is 7.03. The van der Waals surface area contributed by atoms with E-state index in [0.717, 1.165) is 0 Å². The summed E-state index contributed by atoms with van der Waals surface area (Å²) in [5.74, 6) is 0.372. The normalized spacial score (nSPS) is 11.5. The summed E-state index contributed by atoms with van der Waals surface area (Å²) in [6, 6.07) is 34.9. The summed E-state index contributed by atoms with van der Waals surface area (Å²) >= 11 is 0. The molecule has 0 heterocycles. The molecule has 5 nitrogen and oxygen atoms in total. The van der Waals surface area contributed by atoms with Crippen molar-refractivity contribution in [1.29, 1.82) is 0 Å². The fourth-order valence-electron chi connectivity index (χ4n) is 2.97. The van der Waals surface area contributed by atoms with Gasteiger partial charge >= 0.3 is 7.82 Å². The molecule has 4 aromatic carbocycles. The van der Waals surface area contributed by atoms with Crippen LogP contribution in [-0.4, -0.2) is 5.78 Å². The van der Waals surface area contributed by atoms with Gasteiger partial charge in [0, 0.05) is 17.2 Å². The molecule has 0 fully saturated rings. The van der Waals surface area contributed by atoms with Gasteiger partial charge in [0.2, 0.25) is 0 Å². The third-order valence-corrected chi connectivity index (χ3v) is 5.80. The number of benzene rings is 4. The van der Waals surface area contributed by atoms with E-state index in [2.05, 4.69) is 0 Å². The molecule has 0 saturated heterocycles. The molecule has 0 N–H and O–H groups in total. The third kappa shape index (κ3) is 6.22. The molecule has 0 bridgehead atoms. The Morgan fingerprint density at radius 2 is 0.970 bits per heavy atom. The van der Waals surface area contributed by atoms with Crippen molar-refractivity contribution < 1.29 is 22.9 Å². The van der Waals surface area contributed by atoms with Crippen molar-refractivity contribution in [3.05, 3.63) is 139 Å². The highest BCUT2D eigenvalue weighted by atomic mass is 31.2. The van der Waals surface area contributed by atoms with E-state index in [9.17, 15) is 9.36 Å². The van der Waals surface area contributed by atoms with Gasteiger partial charge in [0.25, 0.3) is 0 Å². The van der Waals surface area contributed by atoms with E-state index in [1.165, 1.54) is 6.08 Å². The summed E-state index contributed by atoms with van der Waals surface area (Å²) in [6.07, 6.45) is 1.29. The molecule has 0 aliphatic carbocycles. The second kappa shape index (κ2) is 10.5. The Bertz CT molecular complexity index is 1210. The zero-order chi connectivity index (χ0) is 22.9. The van der Waals surface area contributed by atoms with Crippen molar-refractivity contribution in [3.63, 3.8) is 0 Å². The lowest BCUT2D eigenvalue weighted by Crippen LogP contribution is -2.06. The van der Waals surface area contributed by atoms with E-state index in [0.29, 0.717) is 22.6 Å². The van der Waals surface area contributed by atoms with Crippen LogP contribution in [0.4, 0.5) is 0 Å². The third-order valence-electron chi connectivity index (χ3n) is 4.51. The first-order valence-corrected chi connectivity index (χ1v) is 11.7. The summed E-state index contributed by atoms with van der Waals surface area (Å²) in [5.41, 5.74) is 1.02. The molecular formula is C27H21O5P. The first kappa shape index (κ1) is 22.1. The van der Waals surface area contributed by atoms with Crippen molar-refractivity contribution in [1.82, 2.24) is 0 Å². The lowest BCUT2D eigenvalue weighted by molar-refractivity contribution is 0.104. The monoisotopic (exact) mass is 456 g/mol. The molecule has 33 heavy (non-hydrogen) atoms. The van der Waals surface area contributed by atoms with Gasteiger partial charge in [0.1, 0.15) is 17.3 Å². The van der Waals surface area contributed by atoms with Gasteiger partial charge in [-0.1, -0.05) is 97.1 Å². The summed E-state index contributed by atoms with van der Waals surface area (Å²) in [5, 5.41) is 0. The molecule has 6 heteroatoms. The minimum absolute atomic E-state index is 0.0691. The number of carbonyl (C=O) groups is 1. The summed E-state index contributed by atoms with van der Waals surface area (Å²) in [4.78, 5) is 12.9. The first-order valence-electron chi connectivity index (χ1n) is 10.3. The van der Waals surface area contributed by atoms with Gasteiger partial charge < -0.3 is 13.6 Å². The Hall–Kier alpha value is -4.08. The molecule has 164 valence electrons. The zero-order valence-corrected chi connectivity index (χ0v) is 18.5. The molecule has 0 aromatic heterocycles. The highest BCUT2D eigenvalue weighted by Crippen LogP contribution is 2.52. The van der Waals surface area contributed by atoms with Gasteiger partial charge in [0.15, 0.2) is 5.78 Å². The number of rotatable bonds is 9. The van der Waals surface area contributed by atoms with Gasteiger partial charge in [-0.05, 0) is 24.3 Å². The molecule has 0 unspecified atom stereocenters. The van der Waals surface area contributed by atoms with Crippen molar-refractivity contribution in [2.45, 2.75) is 0 Å². The Balaban J connectivity index is 1.72. The number of phosphoric acid groups is 1. The molecule has 4 aromatic rings. The van der Waals surface area contributed by atoms with Gasteiger partial charge in [-0.25, -0.2) is 0 Å². The van der Waals surface area contributed by atoms with Crippen LogP contribution in [0.15, 0.2) is 127 Å². The average molecular weight is 456 g/mol. The van der Waals surface area contributed by atoms with Crippen LogP contribution in [0.2, 0.25) is 0 Å². The fraction of sp³-hybridized carbons (Fsp3) is 0. The van der Waals surface area contributed by atoms with Crippen LogP contribution < -0.4 is 9.05 Å². The predicted molar refractivity (Wildman–Crippen MR) is 128 cm³/mol.